The van der Waals surface area contributed by atoms with Crippen LogP contribution in [-0.2, 0) is 9.59 Å². The topological polar surface area (TPSA) is 55.4 Å². The lowest BCUT2D eigenvalue weighted by molar-refractivity contribution is -0.123. The van der Waals surface area contributed by atoms with Gasteiger partial charge in [-0.3, -0.25) is 14.9 Å². The minimum absolute atomic E-state index is 0.171. The van der Waals surface area contributed by atoms with E-state index in [1.807, 2.05) is 12.1 Å². The molecule has 2 amide bonds. The number of amides is 2. The summed E-state index contributed by atoms with van der Waals surface area (Å²) in [6, 6.07) is 7.21. The van der Waals surface area contributed by atoms with Crippen molar-refractivity contribution < 1.29 is 14.3 Å². The van der Waals surface area contributed by atoms with Gasteiger partial charge in [-0.2, -0.15) is 0 Å². The molecule has 74 valence electrons. The van der Waals surface area contributed by atoms with Gasteiger partial charge >= 0.3 is 0 Å². The molecule has 0 bridgehead atoms. The van der Waals surface area contributed by atoms with Gasteiger partial charge in [-0.1, -0.05) is 18.2 Å². The Labute approximate surface area is 85.5 Å². The van der Waals surface area contributed by atoms with Gasteiger partial charge in [0.15, 0.2) is 0 Å². The Hall–Kier alpha value is -2.10. The summed E-state index contributed by atoms with van der Waals surface area (Å²) in [7, 11) is 0. The molecular formula is C11H7NO3. The van der Waals surface area contributed by atoms with E-state index in [1.54, 1.807) is 12.1 Å². The van der Waals surface area contributed by atoms with Crippen molar-refractivity contribution in [2.45, 2.75) is 0 Å². The molecule has 4 heteroatoms. The van der Waals surface area contributed by atoms with Gasteiger partial charge in [0.25, 0.3) is 11.8 Å². The van der Waals surface area contributed by atoms with Crippen LogP contribution in [0.1, 0.15) is 5.56 Å². The van der Waals surface area contributed by atoms with E-state index in [2.05, 4.69) is 5.32 Å². The first-order valence-electron chi connectivity index (χ1n) is 4.58. The number of hydrogen-bond donors (Lipinski definition) is 1. The van der Waals surface area contributed by atoms with Crippen LogP contribution in [0.3, 0.4) is 0 Å². The molecule has 3 rings (SSSR count). The molecule has 0 spiro atoms. The summed E-state index contributed by atoms with van der Waals surface area (Å²) < 4.78 is 5.39. The summed E-state index contributed by atoms with van der Waals surface area (Å²) >= 11 is 0. The molecule has 2 heterocycles. The van der Waals surface area contributed by atoms with Gasteiger partial charge in [-0.05, 0) is 6.07 Å². The maximum Gasteiger partial charge on any atom is 0.259 e. The fourth-order valence-electron chi connectivity index (χ4n) is 1.86. The lowest BCUT2D eigenvalue weighted by Crippen LogP contribution is -2.23. The molecule has 1 N–H and O–H groups in total. The number of imide groups is 1. The molecule has 1 aromatic carbocycles. The first-order chi connectivity index (χ1) is 7.27. The second-order valence-corrected chi connectivity index (χ2v) is 3.42. The summed E-state index contributed by atoms with van der Waals surface area (Å²) in [5, 5.41) is 2.27. The van der Waals surface area contributed by atoms with Crippen LogP contribution in [0.5, 0.6) is 5.75 Å². The Balaban J connectivity index is 2.27. The average Bonchev–Trinajstić information content (AvgIpc) is 2.55. The summed E-state index contributed by atoms with van der Waals surface area (Å²) in [6.45, 7) is 0.171. The molecule has 2 aliphatic rings. The third kappa shape index (κ3) is 1.01. The maximum absolute atomic E-state index is 11.5. The van der Waals surface area contributed by atoms with E-state index < -0.39 is 0 Å². The molecule has 4 nitrogen and oxygen atoms in total. The highest BCUT2D eigenvalue weighted by Crippen LogP contribution is 2.35. The molecule has 2 aliphatic heterocycles. The summed E-state index contributed by atoms with van der Waals surface area (Å²) in [6.07, 6.45) is 0. The number of fused-ring (bicyclic) bond motifs is 2. The molecule has 0 radical (unpaired) electrons. The number of carbonyl (C=O) groups is 2. The van der Waals surface area contributed by atoms with Crippen LogP contribution < -0.4 is 10.1 Å². The summed E-state index contributed by atoms with van der Waals surface area (Å²) in [4.78, 5) is 22.9. The van der Waals surface area contributed by atoms with E-state index in [1.165, 1.54) is 0 Å². The lowest BCUT2D eigenvalue weighted by atomic mass is 9.99. The Morgan fingerprint density at radius 3 is 2.80 bits per heavy atom. The molecular weight excluding hydrogens is 194 g/mol. The van der Waals surface area contributed by atoms with Crippen LogP contribution in [0.4, 0.5) is 0 Å². The Kier molecular flexibility index (Phi) is 1.48. The van der Waals surface area contributed by atoms with E-state index in [-0.39, 0.29) is 18.4 Å². The predicted octanol–water partition coefficient (Wildman–Crippen LogP) is 0.489. The zero-order valence-corrected chi connectivity index (χ0v) is 7.74. The van der Waals surface area contributed by atoms with Gasteiger partial charge in [0.05, 0.1) is 11.1 Å². The van der Waals surface area contributed by atoms with Crippen molar-refractivity contribution in [3.63, 3.8) is 0 Å². The van der Waals surface area contributed by atoms with Crippen molar-refractivity contribution in [2.24, 2.45) is 0 Å². The number of benzene rings is 1. The van der Waals surface area contributed by atoms with Crippen LogP contribution in [0, 0.1) is 0 Å². The molecule has 0 unspecified atom stereocenters. The van der Waals surface area contributed by atoms with E-state index in [9.17, 15) is 9.59 Å². The Morgan fingerprint density at radius 2 is 1.93 bits per heavy atom. The number of ether oxygens (including phenoxy) is 1. The fraction of sp³-hybridized carbons (Fsp3) is 0.0909. The van der Waals surface area contributed by atoms with Crippen molar-refractivity contribution in [1.29, 1.82) is 0 Å². The number of para-hydroxylation sites is 1. The SMILES string of the molecule is O=C1NC(=O)C2=C1COc1ccccc12. The van der Waals surface area contributed by atoms with Gasteiger partial charge in [0.1, 0.15) is 12.4 Å². The molecule has 0 aliphatic carbocycles. The van der Waals surface area contributed by atoms with Gasteiger partial charge in [-0.25, -0.2) is 0 Å². The van der Waals surface area contributed by atoms with Crippen molar-refractivity contribution in [3.8, 4) is 5.75 Å². The first kappa shape index (κ1) is 8.23. The highest BCUT2D eigenvalue weighted by Gasteiger charge is 2.35. The molecule has 0 atom stereocenters. The maximum atomic E-state index is 11.5. The zero-order chi connectivity index (χ0) is 10.4. The van der Waals surface area contributed by atoms with Crippen LogP contribution in [0.25, 0.3) is 5.57 Å². The fourth-order valence-corrected chi connectivity index (χ4v) is 1.86. The second-order valence-electron chi connectivity index (χ2n) is 3.42. The van der Waals surface area contributed by atoms with Crippen LogP contribution in [0.15, 0.2) is 29.8 Å². The molecule has 0 saturated heterocycles. The lowest BCUT2D eigenvalue weighted by Gasteiger charge is -2.16. The van der Waals surface area contributed by atoms with Gasteiger partial charge in [0, 0.05) is 5.56 Å². The Bertz CT molecular complexity index is 516. The number of carbonyl (C=O) groups excluding carboxylic acids is 2. The van der Waals surface area contributed by atoms with E-state index in [0.29, 0.717) is 22.5 Å². The van der Waals surface area contributed by atoms with Gasteiger partial charge < -0.3 is 4.74 Å². The van der Waals surface area contributed by atoms with Crippen molar-refractivity contribution in [3.05, 3.63) is 35.4 Å². The van der Waals surface area contributed by atoms with Gasteiger partial charge in [-0.15, -0.1) is 0 Å². The zero-order valence-electron chi connectivity index (χ0n) is 7.74. The largest absolute Gasteiger partial charge is 0.488 e. The average molecular weight is 201 g/mol. The van der Waals surface area contributed by atoms with E-state index in [4.69, 9.17) is 4.74 Å². The normalized spacial score (nSPS) is 18.1. The highest BCUT2D eigenvalue weighted by atomic mass is 16.5. The third-order valence-corrected chi connectivity index (χ3v) is 2.56. The molecule has 0 saturated carbocycles. The van der Waals surface area contributed by atoms with E-state index >= 15 is 0 Å². The van der Waals surface area contributed by atoms with Crippen molar-refractivity contribution in [2.75, 3.05) is 6.61 Å². The monoisotopic (exact) mass is 201 g/mol. The molecule has 1 aromatic rings. The predicted molar refractivity (Wildman–Crippen MR) is 52.0 cm³/mol. The smallest absolute Gasteiger partial charge is 0.259 e. The first-order valence-corrected chi connectivity index (χ1v) is 4.58. The highest BCUT2D eigenvalue weighted by molar-refractivity contribution is 6.36. The molecule has 15 heavy (non-hydrogen) atoms. The quantitative estimate of drug-likeness (QED) is 0.621. The van der Waals surface area contributed by atoms with Crippen LogP contribution in [-0.4, -0.2) is 18.4 Å². The standard InChI is InChI=1S/C11H7NO3/c13-10-7-5-15-8-4-2-1-3-6(8)9(7)11(14)12-10/h1-4H,5H2,(H,12,13,14). The second kappa shape index (κ2) is 2.70. The summed E-state index contributed by atoms with van der Waals surface area (Å²) in [5.41, 5.74) is 1.59. The Morgan fingerprint density at radius 1 is 1.13 bits per heavy atom. The number of rotatable bonds is 0. The van der Waals surface area contributed by atoms with Crippen LogP contribution >= 0.6 is 0 Å². The number of hydrogen-bond acceptors (Lipinski definition) is 3. The van der Waals surface area contributed by atoms with Gasteiger partial charge in [0.2, 0.25) is 0 Å². The minimum Gasteiger partial charge on any atom is -0.488 e. The van der Waals surface area contributed by atoms with Crippen LogP contribution in [0.2, 0.25) is 0 Å². The van der Waals surface area contributed by atoms with Crippen molar-refractivity contribution in [1.82, 2.24) is 5.32 Å². The van der Waals surface area contributed by atoms with Crippen molar-refractivity contribution >= 4 is 17.4 Å². The third-order valence-electron chi connectivity index (χ3n) is 2.56. The summed E-state index contributed by atoms with van der Waals surface area (Å²) in [5.74, 6) is -0.0173. The molecule has 0 aromatic heterocycles. The number of nitrogens with one attached hydrogen (secondary N) is 1. The minimum atomic E-state index is -0.343. The van der Waals surface area contributed by atoms with E-state index in [0.717, 1.165) is 0 Å². The molecule has 0 fully saturated rings.